The standard InChI is InChI=1S/C30H41N7O4/c1-30(2,3)41-29(39)31-14-6-4-5-12-25(38)36-16-13-21-9-7-11-24(23(21)17-36)40-18-22-10-8-15-37(22)28-26-27(33-19-32-26)34-20-35-28/h7,9,11,19-20,22H,4-6,8,10,12-18H2,1-3H3,(H,31,39)(H,32,33,34,35)/t22-/m1/s1. The van der Waals surface area contributed by atoms with E-state index in [1.807, 2.05) is 37.8 Å². The predicted octanol–water partition coefficient (Wildman–Crippen LogP) is 4.37. The molecule has 11 heteroatoms. The molecular formula is C30H41N7O4. The summed E-state index contributed by atoms with van der Waals surface area (Å²) in [5.41, 5.74) is 3.37. The molecule has 2 amide bonds. The maximum absolute atomic E-state index is 13.0. The molecule has 0 spiro atoms. The highest BCUT2D eigenvalue weighted by molar-refractivity contribution is 5.83. The van der Waals surface area contributed by atoms with Crippen molar-refractivity contribution in [2.45, 2.75) is 83.9 Å². The Morgan fingerprint density at radius 2 is 2.00 bits per heavy atom. The number of anilines is 1. The molecule has 2 aromatic heterocycles. The molecule has 1 fully saturated rings. The second-order valence-corrected chi connectivity index (χ2v) is 11.8. The van der Waals surface area contributed by atoms with Gasteiger partial charge in [0.1, 0.15) is 29.8 Å². The lowest BCUT2D eigenvalue weighted by Crippen LogP contribution is -2.37. The number of ether oxygens (including phenoxy) is 2. The van der Waals surface area contributed by atoms with E-state index in [-0.39, 0.29) is 11.9 Å². The highest BCUT2D eigenvalue weighted by Gasteiger charge is 2.29. The van der Waals surface area contributed by atoms with Crippen LogP contribution in [0.25, 0.3) is 11.2 Å². The van der Waals surface area contributed by atoms with Gasteiger partial charge in [-0.1, -0.05) is 18.6 Å². The molecule has 3 aromatic rings. The quantitative estimate of drug-likeness (QED) is 0.349. The number of benzene rings is 1. The van der Waals surface area contributed by atoms with Crippen molar-refractivity contribution >= 4 is 29.0 Å². The molecule has 0 bridgehead atoms. The van der Waals surface area contributed by atoms with Crippen LogP contribution in [0.5, 0.6) is 5.75 Å². The number of carbonyl (C=O) groups is 2. The lowest BCUT2D eigenvalue weighted by atomic mass is 9.98. The van der Waals surface area contributed by atoms with Crippen LogP contribution in [0.15, 0.2) is 30.9 Å². The number of carbonyl (C=O) groups excluding carboxylic acids is 2. The number of unbranched alkanes of at least 4 members (excludes halogenated alkanes) is 2. The minimum absolute atomic E-state index is 0.167. The van der Waals surface area contributed by atoms with Gasteiger partial charge < -0.3 is 29.6 Å². The van der Waals surface area contributed by atoms with Gasteiger partial charge in [-0.3, -0.25) is 4.79 Å². The normalized spacial score (nSPS) is 17.0. The third-order valence-electron chi connectivity index (χ3n) is 7.60. The smallest absolute Gasteiger partial charge is 0.407 e. The zero-order valence-corrected chi connectivity index (χ0v) is 24.3. The summed E-state index contributed by atoms with van der Waals surface area (Å²) in [5, 5.41) is 2.77. The summed E-state index contributed by atoms with van der Waals surface area (Å²) in [6, 6.07) is 6.39. The van der Waals surface area contributed by atoms with E-state index >= 15 is 0 Å². The Labute approximate surface area is 241 Å². The second kappa shape index (κ2) is 12.7. The molecule has 2 N–H and O–H groups in total. The van der Waals surface area contributed by atoms with Crippen molar-refractivity contribution in [2.75, 3.05) is 31.1 Å². The fourth-order valence-corrected chi connectivity index (χ4v) is 5.58. The van der Waals surface area contributed by atoms with Crippen LogP contribution in [-0.4, -0.2) is 74.7 Å². The van der Waals surface area contributed by atoms with Gasteiger partial charge in [0.25, 0.3) is 0 Å². The van der Waals surface area contributed by atoms with Crippen LogP contribution >= 0.6 is 0 Å². The van der Waals surface area contributed by atoms with Gasteiger partial charge in [-0.15, -0.1) is 0 Å². The molecule has 2 aliphatic heterocycles. The van der Waals surface area contributed by atoms with Crippen LogP contribution in [0.3, 0.4) is 0 Å². The molecule has 41 heavy (non-hydrogen) atoms. The van der Waals surface area contributed by atoms with E-state index < -0.39 is 11.7 Å². The van der Waals surface area contributed by atoms with E-state index in [2.05, 4.69) is 36.2 Å². The Balaban J connectivity index is 1.11. The van der Waals surface area contributed by atoms with Gasteiger partial charge >= 0.3 is 6.09 Å². The zero-order valence-electron chi connectivity index (χ0n) is 24.3. The van der Waals surface area contributed by atoms with E-state index in [1.165, 1.54) is 5.56 Å². The molecule has 1 aromatic carbocycles. The summed E-state index contributed by atoms with van der Waals surface area (Å²) in [7, 11) is 0. The van der Waals surface area contributed by atoms with Crippen LogP contribution in [0.4, 0.5) is 10.6 Å². The largest absolute Gasteiger partial charge is 0.491 e. The van der Waals surface area contributed by atoms with Crippen LogP contribution in [-0.2, 0) is 22.5 Å². The van der Waals surface area contributed by atoms with E-state index in [0.29, 0.717) is 31.8 Å². The summed E-state index contributed by atoms with van der Waals surface area (Å²) in [4.78, 5) is 45.3. The predicted molar refractivity (Wildman–Crippen MR) is 156 cm³/mol. The summed E-state index contributed by atoms with van der Waals surface area (Å²) in [6.07, 6.45) is 8.71. The van der Waals surface area contributed by atoms with Gasteiger partial charge in [-0.25, -0.2) is 19.7 Å². The van der Waals surface area contributed by atoms with Crippen molar-refractivity contribution in [3.63, 3.8) is 0 Å². The molecule has 5 rings (SSSR count). The number of hydrogen-bond acceptors (Lipinski definition) is 8. The van der Waals surface area contributed by atoms with Gasteiger partial charge in [-0.2, -0.15) is 0 Å². The minimum atomic E-state index is -0.504. The number of nitrogens with one attached hydrogen (secondary N) is 2. The monoisotopic (exact) mass is 563 g/mol. The summed E-state index contributed by atoms with van der Waals surface area (Å²) in [5.74, 6) is 1.89. The number of rotatable bonds is 10. The Morgan fingerprint density at radius 1 is 1.12 bits per heavy atom. The third-order valence-corrected chi connectivity index (χ3v) is 7.60. The van der Waals surface area contributed by atoms with Gasteiger partial charge in [0.15, 0.2) is 11.5 Å². The number of nitrogens with zero attached hydrogens (tertiary/aromatic N) is 5. The van der Waals surface area contributed by atoms with Crippen molar-refractivity contribution in [1.82, 2.24) is 30.2 Å². The summed E-state index contributed by atoms with van der Waals surface area (Å²) in [6.45, 7) is 8.82. The number of alkyl carbamates (subject to hydrolysis) is 1. The molecule has 0 aliphatic carbocycles. The molecule has 2 aliphatic rings. The summed E-state index contributed by atoms with van der Waals surface area (Å²) < 4.78 is 11.7. The number of H-pyrrole nitrogens is 1. The van der Waals surface area contributed by atoms with Crippen molar-refractivity contribution in [3.8, 4) is 5.75 Å². The maximum Gasteiger partial charge on any atom is 0.407 e. The maximum atomic E-state index is 13.0. The molecule has 4 heterocycles. The van der Waals surface area contributed by atoms with Gasteiger partial charge in [0.05, 0.1) is 12.4 Å². The van der Waals surface area contributed by atoms with Crippen LogP contribution in [0.2, 0.25) is 0 Å². The SMILES string of the molecule is CC(C)(C)OC(=O)NCCCCCC(=O)N1CCc2cccc(OC[C@H]3CCCN3c3ncnc4nc[nH]c34)c2C1. The van der Waals surface area contributed by atoms with E-state index in [1.54, 1.807) is 12.7 Å². The highest BCUT2D eigenvalue weighted by Crippen LogP contribution is 2.31. The topological polar surface area (TPSA) is 126 Å². The first-order valence-electron chi connectivity index (χ1n) is 14.7. The summed E-state index contributed by atoms with van der Waals surface area (Å²) >= 11 is 0. The Morgan fingerprint density at radius 3 is 2.85 bits per heavy atom. The van der Waals surface area contributed by atoms with Crippen LogP contribution < -0.4 is 15.0 Å². The first-order chi connectivity index (χ1) is 19.8. The van der Waals surface area contributed by atoms with Crippen molar-refractivity contribution < 1.29 is 19.1 Å². The second-order valence-electron chi connectivity index (χ2n) is 11.8. The number of amides is 2. The fraction of sp³-hybridized carbons (Fsp3) is 0.567. The van der Waals surface area contributed by atoms with Gasteiger partial charge in [0, 0.05) is 38.2 Å². The number of aromatic amines is 1. The Kier molecular flexibility index (Phi) is 8.90. The first kappa shape index (κ1) is 28.6. The molecule has 11 nitrogen and oxygen atoms in total. The third kappa shape index (κ3) is 7.25. The fourth-order valence-electron chi connectivity index (χ4n) is 5.58. The van der Waals surface area contributed by atoms with E-state index in [4.69, 9.17) is 9.47 Å². The first-order valence-corrected chi connectivity index (χ1v) is 14.7. The lowest BCUT2D eigenvalue weighted by Gasteiger charge is -2.31. The molecule has 1 saturated heterocycles. The van der Waals surface area contributed by atoms with Crippen LogP contribution in [0, 0.1) is 0 Å². The van der Waals surface area contributed by atoms with Gasteiger partial charge in [-0.05, 0) is 64.5 Å². The number of imidazole rings is 1. The Bertz CT molecular complexity index is 1350. The van der Waals surface area contributed by atoms with Crippen molar-refractivity contribution in [1.29, 1.82) is 0 Å². The number of hydrogen-bond donors (Lipinski definition) is 2. The van der Waals surface area contributed by atoms with Gasteiger partial charge in [0.2, 0.25) is 5.91 Å². The minimum Gasteiger partial charge on any atom is -0.491 e. The highest BCUT2D eigenvalue weighted by atomic mass is 16.6. The van der Waals surface area contributed by atoms with E-state index in [9.17, 15) is 9.59 Å². The van der Waals surface area contributed by atoms with Crippen molar-refractivity contribution in [2.24, 2.45) is 0 Å². The molecule has 0 saturated carbocycles. The molecule has 220 valence electrons. The van der Waals surface area contributed by atoms with Crippen molar-refractivity contribution in [3.05, 3.63) is 42.0 Å². The average Bonchev–Trinajstić information content (AvgIpc) is 3.62. The molecular weight excluding hydrogens is 522 g/mol. The average molecular weight is 564 g/mol. The number of fused-ring (bicyclic) bond motifs is 2. The number of aromatic nitrogens is 4. The zero-order chi connectivity index (χ0) is 28.8. The van der Waals surface area contributed by atoms with E-state index in [0.717, 1.165) is 74.3 Å². The molecule has 0 radical (unpaired) electrons. The lowest BCUT2D eigenvalue weighted by molar-refractivity contribution is -0.132. The van der Waals surface area contributed by atoms with Crippen LogP contribution in [0.1, 0.15) is 70.4 Å². The molecule has 1 atom stereocenters. The molecule has 0 unspecified atom stereocenters. The Hall–Kier alpha value is -3.89.